The average molecular weight is 429 g/mol. The maximum absolute atomic E-state index is 5.61. The molecule has 1 atom stereocenters. The Balaban J connectivity index is 0.00000192. The molecule has 1 spiro atoms. The molecule has 2 fully saturated rings. The molecule has 0 amide bonds. The predicted octanol–water partition coefficient (Wildman–Crippen LogP) is 3.11. The van der Waals surface area contributed by atoms with Crippen molar-refractivity contribution in [3.05, 3.63) is 34.9 Å². The van der Waals surface area contributed by atoms with Gasteiger partial charge >= 0.3 is 0 Å². The molecule has 2 heterocycles. The Bertz CT molecular complexity index is 567. The molecule has 1 aromatic rings. The average Bonchev–Trinajstić information content (AvgIpc) is 3.13. The van der Waals surface area contributed by atoms with Crippen LogP contribution in [0.2, 0.25) is 0 Å². The fraction of sp³-hybridized carbons (Fsp3) is 0.611. The lowest BCUT2D eigenvalue weighted by molar-refractivity contribution is 0.156. The molecule has 0 radical (unpaired) electrons. The van der Waals surface area contributed by atoms with Crippen molar-refractivity contribution in [2.45, 2.75) is 33.2 Å². The summed E-state index contributed by atoms with van der Waals surface area (Å²) < 4.78 is 5.61. The number of nitrogens with one attached hydrogen (secondary N) is 1. The molecule has 4 nitrogen and oxygen atoms in total. The van der Waals surface area contributed by atoms with Crippen LogP contribution in [0.25, 0.3) is 0 Å². The Morgan fingerprint density at radius 2 is 2.17 bits per heavy atom. The van der Waals surface area contributed by atoms with Crippen LogP contribution in [-0.2, 0) is 11.3 Å². The molecule has 1 unspecified atom stereocenters. The van der Waals surface area contributed by atoms with Crippen LogP contribution in [0.15, 0.2) is 23.2 Å². The number of guanidine groups is 1. The SMILES string of the molecule is CN=C(NCc1ccc(C)cc1C)N1CCC2(CCOC2)C1.I. The number of hydrogen-bond acceptors (Lipinski definition) is 2. The minimum absolute atomic E-state index is 0. The van der Waals surface area contributed by atoms with Gasteiger partial charge < -0.3 is 15.0 Å². The first kappa shape index (κ1) is 18.5. The van der Waals surface area contributed by atoms with Crippen LogP contribution < -0.4 is 5.32 Å². The van der Waals surface area contributed by atoms with Crippen molar-refractivity contribution in [3.8, 4) is 0 Å². The Hall–Kier alpha value is -0.820. The summed E-state index contributed by atoms with van der Waals surface area (Å²) >= 11 is 0. The number of rotatable bonds is 2. The van der Waals surface area contributed by atoms with E-state index in [-0.39, 0.29) is 24.0 Å². The first-order valence-corrected chi connectivity index (χ1v) is 8.21. The molecule has 1 aromatic carbocycles. The zero-order chi connectivity index (χ0) is 15.6. The standard InChI is InChI=1S/C18H27N3O.HI/c1-14-4-5-16(15(2)10-14)11-20-17(19-3)21-8-6-18(12-21)7-9-22-13-18;/h4-5,10H,6-9,11-13H2,1-3H3,(H,19,20);1H. The van der Waals surface area contributed by atoms with Crippen LogP contribution in [0.1, 0.15) is 29.5 Å². The van der Waals surface area contributed by atoms with Crippen molar-refractivity contribution in [1.82, 2.24) is 10.2 Å². The minimum Gasteiger partial charge on any atom is -0.381 e. The van der Waals surface area contributed by atoms with E-state index in [1.165, 1.54) is 29.5 Å². The van der Waals surface area contributed by atoms with Gasteiger partial charge in [-0.25, -0.2) is 0 Å². The Morgan fingerprint density at radius 1 is 1.35 bits per heavy atom. The lowest BCUT2D eigenvalue weighted by Crippen LogP contribution is -2.41. The zero-order valence-electron chi connectivity index (χ0n) is 14.4. The third kappa shape index (κ3) is 4.18. The highest BCUT2D eigenvalue weighted by atomic mass is 127. The van der Waals surface area contributed by atoms with E-state index in [0.717, 1.165) is 38.8 Å². The summed E-state index contributed by atoms with van der Waals surface area (Å²) in [5, 5.41) is 3.53. The molecule has 23 heavy (non-hydrogen) atoms. The fourth-order valence-electron chi connectivity index (χ4n) is 3.64. The van der Waals surface area contributed by atoms with Crippen molar-refractivity contribution >= 4 is 29.9 Å². The molecule has 2 aliphatic heterocycles. The number of benzene rings is 1. The van der Waals surface area contributed by atoms with Gasteiger partial charge in [-0.05, 0) is 37.8 Å². The van der Waals surface area contributed by atoms with Gasteiger partial charge in [0, 0.05) is 38.7 Å². The monoisotopic (exact) mass is 429 g/mol. The highest BCUT2D eigenvalue weighted by Gasteiger charge is 2.42. The molecule has 3 rings (SSSR count). The van der Waals surface area contributed by atoms with Crippen molar-refractivity contribution in [3.63, 3.8) is 0 Å². The fourth-order valence-corrected chi connectivity index (χ4v) is 3.64. The molecule has 1 N–H and O–H groups in total. The number of aliphatic imine (C=N–C) groups is 1. The molecule has 2 saturated heterocycles. The molecule has 0 saturated carbocycles. The number of hydrogen-bond donors (Lipinski definition) is 1. The van der Waals surface area contributed by atoms with E-state index in [1.54, 1.807) is 0 Å². The second kappa shape index (κ2) is 7.83. The van der Waals surface area contributed by atoms with Gasteiger partial charge in [0.25, 0.3) is 0 Å². The van der Waals surface area contributed by atoms with Crippen molar-refractivity contribution in [2.24, 2.45) is 10.4 Å². The van der Waals surface area contributed by atoms with E-state index in [4.69, 9.17) is 4.74 Å². The number of ether oxygens (including phenoxy) is 1. The molecular formula is C18H28IN3O. The third-order valence-electron chi connectivity index (χ3n) is 5.07. The van der Waals surface area contributed by atoms with Crippen LogP contribution in [-0.4, -0.2) is 44.2 Å². The van der Waals surface area contributed by atoms with Gasteiger partial charge in [0.15, 0.2) is 5.96 Å². The smallest absolute Gasteiger partial charge is 0.193 e. The van der Waals surface area contributed by atoms with Crippen LogP contribution >= 0.6 is 24.0 Å². The largest absolute Gasteiger partial charge is 0.381 e. The van der Waals surface area contributed by atoms with Gasteiger partial charge in [0.05, 0.1) is 6.61 Å². The van der Waals surface area contributed by atoms with E-state index in [1.807, 2.05) is 7.05 Å². The zero-order valence-corrected chi connectivity index (χ0v) is 16.7. The molecule has 2 aliphatic rings. The van der Waals surface area contributed by atoms with Gasteiger partial charge in [0.1, 0.15) is 0 Å². The molecule has 0 aromatic heterocycles. The maximum Gasteiger partial charge on any atom is 0.193 e. The summed E-state index contributed by atoms with van der Waals surface area (Å²) in [7, 11) is 1.88. The van der Waals surface area contributed by atoms with E-state index in [9.17, 15) is 0 Å². The predicted molar refractivity (Wildman–Crippen MR) is 106 cm³/mol. The third-order valence-corrected chi connectivity index (χ3v) is 5.07. The molecule has 0 aliphatic carbocycles. The second-order valence-corrected chi connectivity index (χ2v) is 6.80. The maximum atomic E-state index is 5.61. The molecule has 128 valence electrons. The summed E-state index contributed by atoms with van der Waals surface area (Å²) in [5.41, 5.74) is 4.36. The number of aryl methyl sites for hydroxylation is 2. The Labute approximate surface area is 156 Å². The van der Waals surface area contributed by atoms with E-state index < -0.39 is 0 Å². The van der Waals surface area contributed by atoms with Crippen molar-refractivity contribution in [2.75, 3.05) is 33.4 Å². The topological polar surface area (TPSA) is 36.9 Å². The van der Waals surface area contributed by atoms with Gasteiger partial charge in [-0.2, -0.15) is 0 Å². The van der Waals surface area contributed by atoms with E-state index in [0.29, 0.717) is 5.41 Å². The van der Waals surface area contributed by atoms with Gasteiger partial charge in [-0.1, -0.05) is 23.8 Å². The van der Waals surface area contributed by atoms with E-state index >= 15 is 0 Å². The van der Waals surface area contributed by atoms with Crippen LogP contribution in [0.4, 0.5) is 0 Å². The van der Waals surface area contributed by atoms with Gasteiger partial charge in [-0.15, -0.1) is 24.0 Å². The van der Waals surface area contributed by atoms with Crippen molar-refractivity contribution in [1.29, 1.82) is 0 Å². The normalized spacial score (nSPS) is 24.1. The summed E-state index contributed by atoms with van der Waals surface area (Å²) in [6, 6.07) is 6.62. The summed E-state index contributed by atoms with van der Waals surface area (Å²) in [5.74, 6) is 1.02. The number of halogens is 1. The van der Waals surface area contributed by atoms with Crippen LogP contribution in [0, 0.1) is 19.3 Å². The summed E-state index contributed by atoms with van der Waals surface area (Å²) in [6.07, 6.45) is 2.41. The van der Waals surface area contributed by atoms with Crippen LogP contribution in [0.3, 0.4) is 0 Å². The Kier molecular flexibility index (Phi) is 6.31. The minimum atomic E-state index is 0. The number of nitrogens with zero attached hydrogens (tertiary/aromatic N) is 2. The first-order chi connectivity index (χ1) is 10.6. The lowest BCUT2D eigenvalue weighted by atomic mass is 9.87. The number of likely N-dealkylation sites (tertiary alicyclic amines) is 1. The lowest BCUT2D eigenvalue weighted by Gasteiger charge is -2.25. The van der Waals surface area contributed by atoms with Crippen molar-refractivity contribution < 1.29 is 4.74 Å². The highest BCUT2D eigenvalue weighted by molar-refractivity contribution is 14.0. The second-order valence-electron chi connectivity index (χ2n) is 6.80. The first-order valence-electron chi connectivity index (χ1n) is 8.21. The van der Waals surface area contributed by atoms with Gasteiger partial charge in [0.2, 0.25) is 0 Å². The quantitative estimate of drug-likeness (QED) is 0.446. The highest BCUT2D eigenvalue weighted by Crippen LogP contribution is 2.38. The van der Waals surface area contributed by atoms with E-state index in [2.05, 4.69) is 47.3 Å². The molecular weight excluding hydrogens is 401 g/mol. The van der Waals surface area contributed by atoms with Crippen LogP contribution in [0.5, 0.6) is 0 Å². The summed E-state index contributed by atoms with van der Waals surface area (Å²) in [6.45, 7) is 9.12. The Morgan fingerprint density at radius 3 is 2.83 bits per heavy atom. The van der Waals surface area contributed by atoms with Gasteiger partial charge in [-0.3, -0.25) is 4.99 Å². The molecule has 5 heteroatoms. The molecule has 0 bridgehead atoms. The summed E-state index contributed by atoms with van der Waals surface area (Å²) in [4.78, 5) is 6.86.